The van der Waals surface area contributed by atoms with Crippen LogP contribution in [0.3, 0.4) is 0 Å². The van der Waals surface area contributed by atoms with Crippen LogP contribution in [0.5, 0.6) is 0 Å². The second-order valence-electron chi connectivity index (χ2n) is 11.6. The molecule has 6 heteroatoms. The fraction of sp³-hybridized carbons (Fsp3) is 0.613. The van der Waals surface area contributed by atoms with Crippen molar-refractivity contribution >= 4 is 11.4 Å². The van der Waals surface area contributed by atoms with Crippen molar-refractivity contribution in [2.75, 3.05) is 30.8 Å². The maximum absolute atomic E-state index is 3.88. The summed E-state index contributed by atoms with van der Waals surface area (Å²) in [6, 6.07) is 14.3. The Morgan fingerprint density at radius 2 is 0.784 bits per heavy atom. The fourth-order valence-corrected chi connectivity index (χ4v) is 5.03. The van der Waals surface area contributed by atoms with Crippen LogP contribution in [-0.4, -0.2) is 37.1 Å². The average Bonchev–Trinajstić information content (AvgIpc) is 2.72. The number of hydrogen-bond acceptors (Lipinski definition) is 3. The molecule has 0 amide bonds. The molecule has 0 saturated carbocycles. The number of hydrogen-bond donors (Lipinski definition) is 2. The average molecular weight is 596 g/mol. The Morgan fingerprint density at radius 1 is 0.541 bits per heavy atom. The molecule has 0 aromatic heterocycles. The number of halogens is 2. The summed E-state index contributed by atoms with van der Waals surface area (Å²) in [7, 11) is 2.24. The molecule has 0 fully saturated rings. The van der Waals surface area contributed by atoms with Crippen LogP contribution >= 0.6 is 0 Å². The molecule has 3 nitrogen and oxygen atoms in total. The van der Waals surface area contributed by atoms with Gasteiger partial charge in [0.1, 0.15) is 0 Å². The zero-order valence-corrected chi connectivity index (χ0v) is 27.4. The summed E-state index contributed by atoms with van der Waals surface area (Å²) in [6.45, 7) is 24.9. The van der Waals surface area contributed by atoms with E-state index in [9.17, 15) is 0 Å². The molecule has 2 rings (SSSR count). The van der Waals surface area contributed by atoms with E-state index in [2.05, 4.69) is 128 Å². The van der Waals surface area contributed by atoms with Gasteiger partial charge < -0.3 is 40.3 Å². The summed E-state index contributed by atoms with van der Waals surface area (Å²) in [5.74, 6) is 2.02. The van der Waals surface area contributed by atoms with Crippen LogP contribution in [-0.2, 0) is 16.8 Å². The summed E-state index contributed by atoms with van der Waals surface area (Å²) in [6.07, 6.45) is 0. The molecule has 2 atom stereocenters. The first-order valence-electron chi connectivity index (χ1n) is 13.4. The van der Waals surface area contributed by atoms with Gasteiger partial charge in [-0.25, -0.2) is 0 Å². The van der Waals surface area contributed by atoms with Gasteiger partial charge in [-0.2, -0.15) is 0 Å². The van der Waals surface area contributed by atoms with E-state index in [1.807, 2.05) is 0 Å². The Labute approximate surface area is 251 Å². The van der Waals surface area contributed by atoms with Crippen molar-refractivity contribution in [3.63, 3.8) is 0 Å². The molecule has 0 aliphatic rings. The Hall–Kier alpha value is -0.914. The second-order valence-corrected chi connectivity index (χ2v) is 11.6. The number of anilines is 2. The zero-order chi connectivity index (χ0) is 25.6. The van der Waals surface area contributed by atoms with E-state index in [4.69, 9.17) is 0 Å². The van der Waals surface area contributed by atoms with Gasteiger partial charge in [-0.15, -0.1) is 0 Å². The number of benzene rings is 2. The Bertz CT molecular complexity index is 789. The van der Waals surface area contributed by atoms with E-state index in [0.717, 1.165) is 13.1 Å². The normalized spacial score (nSPS) is 12.8. The molecule has 0 saturated heterocycles. The van der Waals surface area contributed by atoms with E-state index in [0.29, 0.717) is 35.8 Å². The quantitative estimate of drug-likeness (QED) is 0.395. The van der Waals surface area contributed by atoms with Crippen molar-refractivity contribution in [1.82, 2.24) is 4.90 Å². The molecule has 2 N–H and O–H groups in total. The van der Waals surface area contributed by atoms with E-state index < -0.39 is 0 Å². The predicted molar refractivity (Wildman–Crippen MR) is 153 cm³/mol. The first kappa shape index (κ1) is 38.2. The van der Waals surface area contributed by atoms with E-state index >= 15 is 0 Å². The second kappa shape index (κ2) is 17.6. The monoisotopic (exact) mass is 594 g/mol. The van der Waals surface area contributed by atoms with Crippen LogP contribution in [0.4, 0.5) is 11.4 Å². The van der Waals surface area contributed by atoms with Crippen molar-refractivity contribution < 1.29 is 41.6 Å². The topological polar surface area (TPSA) is 27.3 Å². The van der Waals surface area contributed by atoms with Crippen molar-refractivity contribution in [3.8, 4) is 0 Å². The van der Waals surface area contributed by atoms with Gasteiger partial charge in [0.25, 0.3) is 0 Å². The summed E-state index contributed by atoms with van der Waals surface area (Å²) >= 11 is 0. The molecule has 213 valence electrons. The molecule has 2 aromatic rings. The number of para-hydroxylation sites is 2. The van der Waals surface area contributed by atoms with E-state index in [1.54, 1.807) is 0 Å². The molecule has 0 bridgehead atoms. The van der Waals surface area contributed by atoms with E-state index in [-0.39, 0.29) is 41.6 Å². The largest absolute Gasteiger partial charge is 2.00 e. The molecule has 0 heterocycles. The van der Waals surface area contributed by atoms with Gasteiger partial charge in [0.05, 0.1) is 0 Å². The van der Waals surface area contributed by atoms with Gasteiger partial charge in [0, 0.05) is 36.5 Å². The Kier molecular flexibility index (Phi) is 18.2. The van der Waals surface area contributed by atoms with Crippen molar-refractivity contribution in [1.29, 1.82) is 0 Å². The van der Waals surface area contributed by atoms with Gasteiger partial charge in [-0.3, -0.25) is 0 Å². The number of likely N-dealkylation sites (N-methyl/N-ethyl adjacent to an activating group) is 1. The van der Waals surface area contributed by atoms with Gasteiger partial charge in [0.15, 0.2) is 0 Å². The third-order valence-electron chi connectivity index (χ3n) is 6.70. The summed E-state index contributed by atoms with van der Waals surface area (Å²) in [4.78, 5) is 2.45. The third-order valence-corrected chi connectivity index (χ3v) is 6.70. The molecule has 0 aliphatic carbocycles. The standard InChI is InChI=1S/C31H51N3.2ClH.Co/c1-20(2)26-14-12-15-27(21(3)4)30(26)32-24(9)18-34(11)19-25(10)33-31-28(22(5)6)16-13-17-29(31)23(7)8;;;/h12-17,20-25,32-33H,18-19H2,1-11H3;2*1H;/q;;;+2/p-2. The summed E-state index contributed by atoms with van der Waals surface area (Å²) < 4.78 is 0. The Morgan fingerprint density at radius 3 is 1.00 bits per heavy atom. The van der Waals surface area contributed by atoms with Crippen LogP contribution < -0.4 is 35.4 Å². The smallest absolute Gasteiger partial charge is 1.00 e. The molecule has 1 radical (unpaired) electrons. The minimum atomic E-state index is 0. The Balaban J connectivity index is 0. The van der Waals surface area contributed by atoms with Crippen LogP contribution in [0.1, 0.15) is 115 Å². The van der Waals surface area contributed by atoms with Crippen molar-refractivity contribution in [2.45, 2.75) is 105 Å². The van der Waals surface area contributed by atoms with Gasteiger partial charge in [-0.1, -0.05) is 91.8 Å². The number of rotatable bonds is 12. The SMILES string of the molecule is CC(CN(C)CC(C)Nc1c(C(C)C)cccc1C(C)C)Nc1c(C(C)C)cccc1C(C)C.[Cl-].[Cl-].[Co+2]. The number of nitrogens with zero attached hydrogens (tertiary/aromatic N) is 1. The van der Waals surface area contributed by atoms with Crippen LogP contribution in [0, 0.1) is 0 Å². The van der Waals surface area contributed by atoms with Gasteiger partial charge in [0.2, 0.25) is 0 Å². The van der Waals surface area contributed by atoms with Gasteiger partial charge >= 0.3 is 16.8 Å². The minimum absolute atomic E-state index is 0. The minimum Gasteiger partial charge on any atom is -1.00 e. The predicted octanol–water partition coefficient (Wildman–Crippen LogP) is 2.42. The van der Waals surface area contributed by atoms with Crippen LogP contribution in [0.15, 0.2) is 36.4 Å². The van der Waals surface area contributed by atoms with Crippen LogP contribution in [0.2, 0.25) is 0 Å². The van der Waals surface area contributed by atoms with Gasteiger partial charge in [-0.05, 0) is 66.8 Å². The maximum atomic E-state index is 3.88. The van der Waals surface area contributed by atoms with E-state index in [1.165, 1.54) is 33.6 Å². The molecule has 2 unspecified atom stereocenters. The molecule has 2 aromatic carbocycles. The third kappa shape index (κ3) is 11.0. The molecular formula is C31H51Cl2CoN3. The number of nitrogens with one attached hydrogen (secondary N) is 2. The molecule has 37 heavy (non-hydrogen) atoms. The van der Waals surface area contributed by atoms with Crippen LogP contribution in [0.25, 0.3) is 0 Å². The first-order valence-corrected chi connectivity index (χ1v) is 13.4. The fourth-order valence-electron chi connectivity index (χ4n) is 5.03. The summed E-state index contributed by atoms with van der Waals surface area (Å²) in [5.41, 5.74) is 8.35. The molecular weight excluding hydrogens is 544 g/mol. The maximum Gasteiger partial charge on any atom is 2.00 e. The summed E-state index contributed by atoms with van der Waals surface area (Å²) in [5, 5.41) is 7.76. The van der Waals surface area contributed by atoms with Crippen molar-refractivity contribution in [2.24, 2.45) is 0 Å². The zero-order valence-electron chi connectivity index (χ0n) is 24.9. The first-order chi connectivity index (χ1) is 15.9. The molecule has 0 aliphatic heterocycles. The van der Waals surface area contributed by atoms with Crippen molar-refractivity contribution in [3.05, 3.63) is 58.7 Å². The molecule has 0 spiro atoms.